The summed E-state index contributed by atoms with van der Waals surface area (Å²) in [7, 11) is 2.80. The molecule has 1 N–H and O–H groups in total. The van der Waals surface area contributed by atoms with Crippen molar-refractivity contribution in [1.82, 2.24) is 4.90 Å². The van der Waals surface area contributed by atoms with Gasteiger partial charge in [0.2, 0.25) is 5.91 Å². The van der Waals surface area contributed by atoms with E-state index in [0.29, 0.717) is 16.5 Å². The van der Waals surface area contributed by atoms with Crippen LogP contribution in [0.5, 0.6) is 5.75 Å². The van der Waals surface area contributed by atoms with Gasteiger partial charge in [-0.05, 0) is 30.3 Å². The maximum absolute atomic E-state index is 12.5. The highest BCUT2D eigenvalue weighted by molar-refractivity contribution is 6.31. The quantitative estimate of drug-likeness (QED) is 0.577. The number of carbonyl (C=O) groups excluding carboxylic acids is 2. The lowest BCUT2D eigenvalue weighted by Crippen LogP contribution is -2.35. The number of nitro benzene ring substituents is 1. The molecule has 2 aromatic rings. The number of likely N-dealkylation sites (N-methyl/N-ethyl adjacent to an activating group) is 1. The molecule has 2 amide bonds. The first kappa shape index (κ1) is 20.5. The molecule has 0 saturated heterocycles. The summed E-state index contributed by atoms with van der Waals surface area (Å²) in [4.78, 5) is 36.2. The first-order valence-electron chi connectivity index (χ1n) is 7.55. The lowest BCUT2D eigenvalue weighted by atomic mass is 10.1. The maximum atomic E-state index is 12.5. The van der Waals surface area contributed by atoms with Gasteiger partial charge in [-0.15, -0.1) is 0 Å². The standard InChI is InChI=1S/C17H15Cl2N3O5/c1-21(17(24)12-5-3-11(19)8-14(12)22(25)26)9-16(23)20-13-7-10(18)4-6-15(13)27-2/h3-8H,9H2,1-2H3,(H,20,23). The molecule has 8 nitrogen and oxygen atoms in total. The van der Waals surface area contributed by atoms with Crippen LogP contribution in [-0.2, 0) is 4.79 Å². The molecule has 0 saturated carbocycles. The first-order chi connectivity index (χ1) is 12.7. The summed E-state index contributed by atoms with van der Waals surface area (Å²) < 4.78 is 5.13. The molecule has 0 aliphatic rings. The number of hydrogen-bond acceptors (Lipinski definition) is 5. The third-order valence-corrected chi connectivity index (χ3v) is 4.02. The number of halogens is 2. The molecule has 0 aliphatic carbocycles. The minimum absolute atomic E-state index is 0.131. The van der Waals surface area contributed by atoms with Gasteiger partial charge in [-0.1, -0.05) is 23.2 Å². The molecule has 0 aromatic heterocycles. The lowest BCUT2D eigenvalue weighted by molar-refractivity contribution is -0.385. The van der Waals surface area contributed by atoms with Crippen molar-refractivity contribution in [2.24, 2.45) is 0 Å². The third-order valence-electron chi connectivity index (χ3n) is 3.55. The number of methoxy groups -OCH3 is 1. The summed E-state index contributed by atoms with van der Waals surface area (Å²) in [6.45, 7) is -0.339. The van der Waals surface area contributed by atoms with E-state index in [1.165, 1.54) is 32.4 Å². The highest BCUT2D eigenvalue weighted by Gasteiger charge is 2.24. The van der Waals surface area contributed by atoms with E-state index in [1.54, 1.807) is 12.1 Å². The van der Waals surface area contributed by atoms with Crippen LogP contribution >= 0.6 is 23.2 Å². The van der Waals surface area contributed by atoms with Gasteiger partial charge in [0.25, 0.3) is 11.6 Å². The van der Waals surface area contributed by atoms with Crippen molar-refractivity contribution >= 4 is 46.4 Å². The zero-order chi connectivity index (χ0) is 20.1. The SMILES string of the molecule is COc1ccc(Cl)cc1NC(=O)CN(C)C(=O)c1ccc(Cl)cc1[N+](=O)[O-]. The van der Waals surface area contributed by atoms with E-state index < -0.39 is 22.4 Å². The fraction of sp³-hybridized carbons (Fsp3) is 0.176. The fourth-order valence-corrected chi connectivity index (χ4v) is 2.64. The molecular weight excluding hydrogens is 397 g/mol. The molecule has 0 atom stereocenters. The van der Waals surface area contributed by atoms with Gasteiger partial charge in [0.05, 0.1) is 24.3 Å². The summed E-state index contributed by atoms with van der Waals surface area (Å²) in [5, 5.41) is 14.3. The number of amides is 2. The Bertz CT molecular complexity index is 904. The Morgan fingerprint density at radius 3 is 2.44 bits per heavy atom. The van der Waals surface area contributed by atoms with Gasteiger partial charge >= 0.3 is 0 Å². The number of ether oxygens (including phenoxy) is 1. The fourth-order valence-electron chi connectivity index (χ4n) is 2.30. The molecule has 27 heavy (non-hydrogen) atoms. The molecule has 0 unspecified atom stereocenters. The molecule has 0 bridgehead atoms. The average Bonchev–Trinajstić information content (AvgIpc) is 2.61. The normalized spacial score (nSPS) is 10.2. The topological polar surface area (TPSA) is 102 Å². The number of nitrogens with zero attached hydrogens (tertiary/aromatic N) is 2. The molecular formula is C17H15Cl2N3O5. The Kier molecular flexibility index (Phi) is 6.59. The van der Waals surface area contributed by atoms with E-state index >= 15 is 0 Å². The molecule has 0 heterocycles. The summed E-state index contributed by atoms with van der Waals surface area (Å²) in [6, 6.07) is 8.39. The molecule has 0 spiro atoms. The van der Waals surface area contributed by atoms with Gasteiger partial charge in [0, 0.05) is 23.2 Å². The van der Waals surface area contributed by atoms with Crippen LogP contribution in [0.1, 0.15) is 10.4 Å². The number of nitro groups is 1. The van der Waals surface area contributed by atoms with E-state index in [0.717, 1.165) is 11.0 Å². The number of rotatable bonds is 6. The zero-order valence-corrected chi connectivity index (χ0v) is 15.9. The van der Waals surface area contributed by atoms with Gasteiger partial charge in [-0.2, -0.15) is 0 Å². The Morgan fingerprint density at radius 1 is 1.19 bits per heavy atom. The zero-order valence-electron chi connectivity index (χ0n) is 14.4. The second-order valence-electron chi connectivity index (χ2n) is 5.47. The molecule has 2 aromatic carbocycles. The summed E-state index contributed by atoms with van der Waals surface area (Å²) >= 11 is 11.7. The van der Waals surface area contributed by atoms with E-state index in [4.69, 9.17) is 27.9 Å². The van der Waals surface area contributed by atoms with Gasteiger partial charge in [0.1, 0.15) is 11.3 Å². The van der Waals surface area contributed by atoms with Crippen molar-refractivity contribution in [3.63, 3.8) is 0 Å². The van der Waals surface area contributed by atoms with Crippen molar-refractivity contribution in [2.45, 2.75) is 0 Å². The van der Waals surface area contributed by atoms with Gasteiger partial charge in [-0.3, -0.25) is 19.7 Å². The van der Waals surface area contributed by atoms with Crippen molar-refractivity contribution in [1.29, 1.82) is 0 Å². The average molecular weight is 412 g/mol. The van der Waals surface area contributed by atoms with Crippen LogP contribution in [0.2, 0.25) is 10.0 Å². The number of nitrogens with one attached hydrogen (secondary N) is 1. The molecule has 0 fully saturated rings. The minimum atomic E-state index is -0.705. The molecule has 2 rings (SSSR count). The Morgan fingerprint density at radius 2 is 1.81 bits per heavy atom. The Hall–Kier alpha value is -2.84. The van der Waals surface area contributed by atoms with E-state index in [2.05, 4.69) is 5.32 Å². The maximum Gasteiger partial charge on any atom is 0.283 e. The second kappa shape index (κ2) is 8.70. The Balaban J connectivity index is 2.14. The van der Waals surface area contributed by atoms with Gasteiger partial charge < -0.3 is 15.0 Å². The van der Waals surface area contributed by atoms with Crippen LogP contribution in [0.3, 0.4) is 0 Å². The van der Waals surface area contributed by atoms with Crippen LogP contribution in [0.25, 0.3) is 0 Å². The highest BCUT2D eigenvalue weighted by atomic mass is 35.5. The van der Waals surface area contributed by atoms with Crippen LogP contribution in [0.4, 0.5) is 11.4 Å². The molecule has 10 heteroatoms. The summed E-state index contributed by atoms with van der Waals surface area (Å²) in [5.74, 6) is -0.815. The monoisotopic (exact) mass is 411 g/mol. The Labute approximate surface area is 164 Å². The third kappa shape index (κ3) is 5.08. The largest absolute Gasteiger partial charge is 0.495 e. The highest BCUT2D eigenvalue weighted by Crippen LogP contribution is 2.28. The lowest BCUT2D eigenvalue weighted by Gasteiger charge is -2.17. The summed E-state index contributed by atoms with van der Waals surface area (Å²) in [6.07, 6.45) is 0. The van der Waals surface area contributed by atoms with Crippen LogP contribution in [-0.4, -0.2) is 42.3 Å². The molecule has 142 valence electrons. The van der Waals surface area contributed by atoms with Crippen molar-refractivity contribution in [2.75, 3.05) is 26.0 Å². The predicted molar refractivity (Wildman–Crippen MR) is 102 cm³/mol. The molecule has 0 radical (unpaired) electrons. The van der Waals surface area contributed by atoms with Crippen molar-refractivity contribution < 1.29 is 19.2 Å². The van der Waals surface area contributed by atoms with Gasteiger partial charge in [0.15, 0.2) is 0 Å². The van der Waals surface area contributed by atoms with E-state index in [1.807, 2.05) is 0 Å². The van der Waals surface area contributed by atoms with Crippen LogP contribution < -0.4 is 10.1 Å². The number of benzene rings is 2. The number of hydrogen-bond donors (Lipinski definition) is 1. The van der Waals surface area contributed by atoms with Crippen molar-refractivity contribution in [3.05, 3.63) is 62.1 Å². The smallest absolute Gasteiger partial charge is 0.283 e. The van der Waals surface area contributed by atoms with Crippen LogP contribution in [0.15, 0.2) is 36.4 Å². The summed E-state index contributed by atoms with van der Waals surface area (Å²) in [5.41, 5.74) is -0.260. The van der Waals surface area contributed by atoms with Crippen LogP contribution in [0, 0.1) is 10.1 Å². The predicted octanol–water partition coefficient (Wildman–Crippen LogP) is 3.62. The number of anilines is 1. The van der Waals surface area contributed by atoms with Crippen molar-refractivity contribution in [3.8, 4) is 5.75 Å². The molecule has 0 aliphatic heterocycles. The van der Waals surface area contributed by atoms with E-state index in [9.17, 15) is 19.7 Å². The second-order valence-corrected chi connectivity index (χ2v) is 6.35. The minimum Gasteiger partial charge on any atom is -0.495 e. The number of carbonyl (C=O) groups is 2. The van der Waals surface area contributed by atoms with E-state index in [-0.39, 0.29) is 17.1 Å². The van der Waals surface area contributed by atoms with Gasteiger partial charge in [-0.25, -0.2) is 0 Å². The first-order valence-corrected chi connectivity index (χ1v) is 8.31.